The number of amides is 3. The maximum Gasteiger partial charge on any atom is 0.418 e. The Balaban J connectivity index is 4.45. The SMILES string of the molecule is CC(C)(C)OC(=O)N(C[C]=O)C(N)=O. The minimum absolute atomic E-state index is 0.470. The van der Waals surface area contributed by atoms with Crippen molar-refractivity contribution in [2.75, 3.05) is 6.54 Å². The standard InChI is InChI=1S/C8H13N2O4/c1-8(2,3)14-7(13)10(4-5-11)6(9)12/h4H2,1-3H3,(H2,9,12). The van der Waals surface area contributed by atoms with Crippen molar-refractivity contribution in [3.05, 3.63) is 0 Å². The zero-order valence-electron chi connectivity index (χ0n) is 8.36. The molecule has 0 fully saturated rings. The molecule has 79 valence electrons. The zero-order valence-corrected chi connectivity index (χ0v) is 8.36. The van der Waals surface area contributed by atoms with Gasteiger partial charge in [0.2, 0.25) is 6.29 Å². The molecule has 0 heterocycles. The summed E-state index contributed by atoms with van der Waals surface area (Å²) in [6.07, 6.45) is 0.439. The third-order valence-corrected chi connectivity index (χ3v) is 1.10. The Morgan fingerprint density at radius 1 is 1.43 bits per heavy atom. The number of urea groups is 1. The molecule has 0 aromatic carbocycles. The number of nitrogens with two attached hydrogens (primary N) is 1. The third-order valence-electron chi connectivity index (χ3n) is 1.10. The molecule has 6 nitrogen and oxygen atoms in total. The average molecular weight is 201 g/mol. The first kappa shape index (κ1) is 12.4. The fourth-order valence-corrected chi connectivity index (χ4v) is 0.614. The lowest BCUT2D eigenvalue weighted by Gasteiger charge is -2.23. The van der Waals surface area contributed by atoms with Gasteiger partial charge in [-0.3, -0.25) is 4.79 Å². The van der Waals surface area contributed by atoms with Crippen molar-refractivity contribution < 1.29 is 19.1 Å². The lowest BCUT2D eigenvalue weighted by Crippen LogP contribution is -2.44. The van der Waals surface area contributed by atoms with Crippen molar-refractivity contribution in [2.45, 2.75) is 26.4 Å². The van der Waals surface area contributed by atoms with Gasteiger partial charge in [-0.2, -0.15) is 0 Å². The number of hydrogen-bond donors (Lipinski definition) is 1. The van der Waals surface area contributed by atoms with Crippen LogP contribution in [0.1, 0.15) is 20.8 Å². The van der Waals surface area contributed by atoms with E-state index in [1.807, 2.05) is 0 Å². The van der Waals surface area contributed by atoms with Gasteiger partial charge in [0.15, 0.2) is 0 Å². The highest BCUT2D eigenvalue weighted by molar-refractivity contribution is 5.92. The third kappa shape index (κ3) is 4.44. The van der Waals surface area contributed by atoms with Crippen LogP contribution in [0.25, 0.3) is 0 Å². The molecule has 0 saturated carbocycles. The van der Waals surface area contributed by atoms with E-state index in [0.29, 0.717) is 4.90 Å². The number of carbonyl (C=O) groups excluding carboxylic acids is 3. The number of imide groups is 1. The van der Waals surface area contributed by atoms with Crippen molar-refractivity contribution in [2.24, 2.45) is 5.73 Å². The number of hydrogen-bond acceptors (Lipinski definition) is 4. The molecule has 3 amide bonds. The summed E-state index contributed by atoms with van der Waals surface area (Å²) in [7, 11) is 0. The Morgan fingerprint density at radius 3 is 2.21 bits per heavy atom. The highest BCUT2D eigenvalue weighted by Gasteiger charge is 2.25. The van der Waals surface area contributed by atoms with Gasteiger partial charge in [0.25, 0.3) is 0 Å². The quantitative estimate of drug-likeness (QED) is 0.700. The summed E-state index contributed by atoms with van der Waals surface area (Å²) in [5, 5.41) is 0. The van der Waals surface area contributed by atoms with Crippen molar-refractivity contribution in [3.63, 3.8) is 0 Å². The van der Waals surface area contributed by atoms with Crippen molar-refractivity contribution >= 4 is 18.4 Å². The summed E-state index contributed by atoms with van der Waals surface area (Å²) >= 11 is 0. The van der Waals surface area contributed by atoms with Crippen molar-refractivity contribution in [1.82, 2.24) is 4.90 Å². The highest BCUT2D eigenvalue weighted by atomic mass is 16.6. The average Bonchev–Trinajstić information content (AvgIpc) is 1.95. The number of ether oxygens (including phenoxy) is 1. The molecule has 0 aromatic rings. The van der Waals surface area contributed by atoms with E-state index in [2.05, 4.69) is 0 Å². The van der Waals surface area contributed by atoms with E-state index in [-0.39, 0.29) is 0 Å². The molecule has 0 aliphatic carbocycles. The Bertz CT molecular complexity index is 244. The molecule has 0 unspecified atom stereocenters. The Hall–Kier alpha value is -1.59. The minimum atomic E-state index is -1.04. The van der Waals surface area contributed by atoms with Gasteiger partial charge in [0.05, 0.1) is 0 Å². The largest absolute Gasteiger partial charge is 0.443 e. The van der Waals surface area contributed by atoms with Gasteiger partial charge in [-0.15, -0.1) is 0 Å². The van der Waals surface area contributed by atoms with Gasteiger partial charge in [0, 0.05) is 0 Å². The maximum absolute atomic E-state index is 11.2. The van der Waals surface area contributed by atoms with Gasteiger partial charge < -0.3 is 10.5 Å². The number of primary amides is 1. The van der Waals surface area contributed by atoms with E-state index >= 15 is 0 Å². The van der Waals surface area contributed by atoms with Gasteiger partial charge >= 0.3 is 12.1 Å². The molecule has 0 aromatic heterocycles. The molecular formula is C8H13N2O4. The molecule has 0 aliphatic rings. The van der Waals surface area contributed by atoms with Crippen LogP contribution < -0.4 is 5.73 Å². The molecule has 0 aliphatic heterocycles. The van der Waals surface area contributed by atoms with Crippen LogP contribution in [0.3, 0.4) is 0 Å². The first-order chi connectivity index (χ1) is 6.28. The lowest BCUT2D eigenvalue weighted by molar-refractivity contribution is 0.0350. The normalized spacial score (nSPS) is 10.5. The van der Waals surface area contributed by atoms with E-state index in [0.717, 1.165) is 0 Å². The van der Waals surface area contributed by atoms with E-state index < -0.39 is 24.3 Å². The number of rotatable bonds is 2. The van der Waals surface area contributed by atoms with Gasteiger partial charge in [-0.25, -0.2) is 14.5 Å². The molecule has 0 bridgehead atoms. The predicted molar refractivity (Wildman–Crippen MR) is 48.2 cm³/mol. The van der Waals surface area contributed by atoms with Crippen LogP contribution in [0.15, 0.2) is 0 Å². The van der Waals surface area contributed by atoms with Crippen LogP contribution in [0.2, 0.25) is 0 Å². The van der Waals surface area contributed by atoms with Crippen molar-refractivity contribution in [1.29, 1.82) is 0 Å². The van der Waals surface area contributed by atoms with Crippen LogP contribution in [0, 0.1) is 0 Å². The Kier molecular flexibility index (Phi) is 4.07. The summed E-state index contributed by atoms with van der Waals surface area (Å²) < 4.78 is 4.82. The smallest absolute Gasteiger partial charge is 0.418 e. The molecule has 2 N–H and O–H groups in total. The van der Waals surface area contributed by atoms with E-state index in [1.54, 1.807) is 20.8 Å². The molecule has 14 heavy (non-hydrogen) atoms. The van der Waals surface area contributed by atoms with Crippen LogP contribution in [-0.2, 0) is 9.53 Å². The van der Waals surface area contributed by atoms with Gasteiger partial charge in [0.1, 0.15) is 12.1 Å². The monoisotopic (exact) mass is 201 g/mol. The fourth-order valence-electron chi connectivity index (χ4n) is 0.614. The Labute approximate surface area is 82.0 Å². The topological polar surface area (TPSA) is 89.7 Å². The van der Waals surface area contributed by atoms with Gasteiger partial charge in [-0.05, 0) is 20.8 Å². The second kappa shape index (κ2) is 4.59. The first-order valence-corrected chi connectivity index (χ1v) is 3.93. The van der Waals surface area contributed by atoms with Gasteiger partial charge in [-0.1, -0.05) is 0 Å². The summed E-state index contributed by atoms with van der Waals surface area (Å²) in [5.41, 5.74) is 4.11. The fraction of sp³-hybridized carbons (Fsp3) is 0.625. The highest BCUT2D eigenvalue weighted by Crippen LogP contribution is 2.09. The summed E-state index contributed by atoms with van der Waals surface area (Å²) in [4.78, 5) is 32.4. The maximum atomic E-state index is 11.2. The molecule has 0 rings (SSSR count). The molecular weight excluding hydrogens is 188 g/mol. The predicted octanol–water partition coefficient (Wildman–Crippen LogP) is 0.412. The van der Waals surface area contributed by atoms with Crippen LogP contribution >= 0.6 is 0 Å². The molecule has 6 heteroatoms. The summed E-state index contributed by atoms with van der Waals surface area (Å²) in [5.74, 6) is 0. The van der Waals surface area contributed by atoms with Crippen LogP contribution in [-0.4, -0.2) is 35.5 Å². The first-order valence-electron chi connectivity index (χ1n) is 3.93. The van der Waals surface area contributed by atoms with E-state index in [9.17, 15) is 14.4 Å². The molecule has 0 atom stereocenters. The summed E-state index contributed by atoms with van der Waals surface area (Å²) in [6, 6.07) is -1.04. The van der Waals surface area contributed by atoms with Crippen LogP contribution in [0.4, 0.5) is 9.59 Å². The van der Waals surface area contributed by atoms with Crippen molar-refractivity contribution in [3.8, 4) is 0 Å². The molecule has 0 saturated heterocycles. The minimum Gasteiger partial charge on any atom is -0.443 e. The zero-order chi connectivity index (χ0) is 11.4. The van der Waals surface area contributed by atoms with Crippen LogP contribution in [0.5, 0.6) is 0 Å². The summed E-state index contributed by atoms with van der Waals surface area (Å²) in [6.45, 7) is 4.38. The number of nitrogens with zero attached hydrogens (tertiary/aromatic N) is 1. The molecule has 1 radical (unpaired) electrons. The van der Waals surface area contributed by atoms with E-state index in [4.69, 9.17) is 10.5 Å². The Morgan fingerprint density at radius 2 is 1.93 bits per heavy atom. The lowest BCUT2D eigenvalue weighted by atomic mass is 10.2. The van der Waals surface area contributed by atoms with E-state index in [1.165, 1.54) is 6.29 Å². The number of carbonyl (C=O) groups is 2. The second-order valence-electron chi connectivity index (χ2n) is 3.55. The second-order valence-corrected chi connectivity index (χ2v) is 3.55. The molecule has 0 spiro atoms.